The van der Waals surface area contributed by atoms with Gasteiger partial charge in [-0.05, 0) is 12.5 Å². The Morgan fingerprint density at radius 3 is 2.37 bits per heavy atom. The number of halogens is 3. The first-order valence-corrected chi connectivity index (χ1v) is 5.39. The van der Waals surface area contributed by atoms with Gasteiger partial charge in [0.05, 0.1) is 6.04 Å². The Kier molecular flexibility index (Phi) is 4.91. The Balaban J connectivity index is 2.42. The third-order valence-corrected chi connectivity index (χ3v) is 2.22. The van der Waals surface area contributed by atoms with Gasteiger partial charge in [-0.3, -0.25) is 4.79 Å². The van der Waals surface area contributed by atoms with Gasteiger partial charge < -0.3 is 10.1 Å². The largest absolute Gasteiger partial charge is 0.452 e. The Morgan fingerprint density at radius 1 is 1.26 bits per heavy atom. The number of benzene rings is 1. The molecule has 1 unspecified atom stereocenters. The number of alkyl halides is 3. The second-order valence-electron chi connectivity index (χ2n) is 3.79. The van der Waals surface area contributed by atoms with Crippen molar-refractivity contribution in [1.29, 1.82) is 0 Å². The number of Topliss-reactive ketones (excluding diaryl/α,β-unsaturated/α-hetero) is 1. The van der Waals surface area contributed by atoms with E-state index in [1.165, 1.54) is 0 Å². The van der Waals surface area contributed by atoms with Crippen molar-refractivity contribution in [3.05, 3.63) is 35.9 Å². The number of ether oxygens (including phenoxy) is 1. The van der Waals surface area contributed by atoms with E-state index in [2.05, 4.69) is 0 Å². The van der Waals surface area contributed by atoms with Gasteiger partial charge in [-0.15, -0.1) is 0 Å². The molecule has 0 fully saturated rings. The summed E-state index contributed by atoms with van der Waals surface area (Å²) in [5, 5.41) is 1.83. The number of carbonyl (C=O) groups is 2. The summed E-state index contributed by atoms with van der Waals surface area (Å²) in [7, 11) is 0. The van der Waals surface area contributed by atoms with Gasteiger partial charge in [0, 0.05) is 0 Å². The average Bonchev–Trinajstić information content (AvgIpc) is 2.35. The molecule has 104 valence electrons. The molecule has 0 aliphatic rings. The minimum atomic E-state index is -4.98. The number of ketones is 1. The number of rotatable bonds is 4. The maximum atomic E-state index is 12.1. The summed E-state index contributed by atoms with van der Waals surface area (Å²) in [5.74, 6) is -2.02. The molecule has 1 amide bonds. The van der Waals surface area contributed by atoms with E-state index in [9.17, 15) is 22.8 Å². The maximum absolute atomic E-state index is 12.1. The second-order valence-corrected chi connectivity index (χ2v) is 3.79. The number of alkyl carbamates (subject to hydrolysis) is 1. The molecule has 0 aliphatic heterocycles. The lowest BCUT2D eigenvalue weighted by molar-refractivity contribution is -0.172. The number of hydrogen-bond donors (Lipinski definition) is 1. The molecule has 1 N–H and O–H groups in total. The topological polar surface area (TPSA) is 55.4 Å². The van der Waals surface area contributed by atoms with E-state index in [4.69, 9.17) is 4.74 Å². The lowest BCUT2D eigenvalue weighted by Crippen LogP contribution is -2.44. The van der Waals surface area contributed by atoms with Crippen molar-refractivity contribution in [2.24, 2.45) is 0 Å². The van der Waals surface area contributed by atoms with Crippen molar-refractivity contribution in [2.75, 3.05) is 0 Å². The number of carbonyl (C=O) groups excluding carboxylic acids is 2. The van der Waals surface area contributed by atoms with Gasteiger partial charge >= 0.3 is 12.3 Å². The van der Waals surface area contributed by atoms with Crippen molar-refractivity contribution < 1.29 is 27.5 Å². The molecule has 0 saturated carbocycles. The van der Waals surface area contributed by atoms with Crippen LogP contribution in [-0.2, 0) is 16.1 Å². The Hall–Kier alpha value is -2.05. The van der Waals surface area contributed by atoms with Crippen molar-refractivity contribution in [3.63, 3.8) is 0 Å². The van der Waals surface area contributed by atoms with Gasteiger partial charge in [0.15, 0.2) is 0 Å². The molecule has 4 nitrogen and oxygen atoms in total. The molecule has 0 spiro atoms. The van der Waals surface area contributed by atoms with E-state index in [0.29, 0.717) is 5.56 Å². The summed E-state index contributed by atoms with van der Waals surface area (Å²) in [6.45, 7) is 0.860. The number of nitrogens with one attached hydrogen (secondary N) is 1. The van der Waals surface area contributed by atoms with Gasteiger partial charge in [-0.1, -0.05) is 30.3 Å². The Labute approximate surface area is 107 Å². The number of hydrogen-bond acceptors (Lipinski definition) is 3. The van der Waals surface area contributed by atoms with Crippen LogP contribution in [0.2, 0.25) is 0 Å². The molecule has 1 aromatic carbocycles. The SMILES string of the molecule is CC(NC(=O)OCc1ccccc1)C(=O)C(F)(F)F. The summed E-state index contributed by atoms with van der Waals surface area (Å²) in [6.07, 6.45) is -6.06. The first kappa shape index (κ1) is 15.0. The molecule has 0 heterocycles. The summed E-state index contributed by atoms with van der Waals surface area (Å²) in [4.78, 5) is 22.0. The molecule has 1 atom stereocenters. The smallest absolute Gasteiger partial charge is 0.445 e. The molecule has 0 radical (unpaired) electrons. The molecule has 1 aromatic rings. The predicted molar refractivity (Wildman–Crippen MR) is 60.3 cm³/mol. The molecule has 1 rings (SSSR count). The van der Waals surface area contributed by atoms with Crippen LogP contribution in [0, 0.1) is 0 Å². The Morgan fingerprint density at radius 2 is 1.84 bits per heavy atom. The van der Waals surface area contributed by atoms with E-state index in [1.807, 2.05) is 5.32 Å². The molecule has 7 heteroatoms. The van der Waals surface area contributed by atoms with Crippen LogP contribution in [0.1, 0.15) is 12.5 Å². The molecular formula is C12H12F3NO3. The van der Waals surface area contributed by atoms with Gasteiger partial charge in [0.25, 0.3) is 5.78 Å². The minimum absolute atomic E-state index is 0.0837. The average molecular weight is 275 g/mol. The highest BCUT2D eigenvalue weighted by molar-refractivity contribution is 5.91. The normalized spacial score (nSPS) is 12.6. The molecular weight excluding hydrogens is 263 g/mol. The van der Waals surface area contributed by atoms with Gasteiger partial charge in [-0.25, -0.2) is 4.79 Å². The van der Waals surface area contributed by atoms with Crippen LogP contribution in [0.5, 0.6) is 0 Å². The van der Waals surface area contributed by atoms with Crippen molar-refractivity contribution in [3.8, 4) is 0 Å². The summed E-state index contributed by atoms with van der Waals surface area (Å²) < 4.78 is 40.9. The summed E-state index contributed by atoms with van der Waals surface area (Å²) >= 11 is 0. The monoisotopic (exact) mass is 275 g/mol. The summed E-state index contributed by atoms with van der Waals surface area (Å²) in [5.41, 5.74) is 0.687. The standard InChI is InChI=1S/C12H12F3NO3/c1-8(10(17)12(13,14)15)16-11(18)19-7-9-5-3-2-4-6-9/h2-6,8H,7H2,1H3,(H,16,18). The molecule has 0 saturated heterocycles. The van der Waals surface area contributed by atoms with Crippen molar-refractivity contribution in [2.45, 2.75) is 25.7 Å². The van der Waals surface area contributed by atoms with Crippen LogP contribution in [0.3, 0.4) is 0 Å². The number of amides is 1. The lowest BCUT2D eigenvalue weighted by Gasteiger charge is -2.14. The van der Waals surface area contributed by atoms with Crippen molar-refractivity contribution >= 4 is 11.9 Å². The summed E-state index contributed by atoms with van der Waals surface area (Å²) in [6, 6.07) is 6.94. The fourth-order valence-corrected chi connectivity index (χ4v) is 1.25. The maximum Gasteiger partial charge on any atom is 0.452 e. The zero-order chi connectivity index (χ0) is 14.5. The second kappa shape index (κ2) is 6.21. The first-order chi connectivity index (χ1) is 8.80. The predicted octanol–water partition coefficient (Wildman–Crippen LogP) is 2.43. The fourth-order valence-electron chi connectivity index (χ4n) is 1.25. The van der Waals surface area contributed by atoms with Gasteiger partial charge in [-0.2, -0.15) is 13.2 Å². The molecule has 0 aromatic heterocycles. The van der Waals surface area contributed by atoms with E-state index in [0.717, 1.165) is 6.92 Å². The van der Waals surface area contributed by atoms with Crippen LogP contribution in [0.25, 0.3) is 0 Å². The van der Waals surface area contributed by atoms with Crippen LogP contribution in [0.15, 0.2) is 30.3 Å². The zero-order valence-electron chi connectivity index (χ0n) is 10.0. The third-order valence-electron chi connectivity index (χ3n) is 2.22. The van der Waals surface area contributed by atoms with Crippen molar-refractivity contribution in [1.82, 2.24) is 5.32 Å². The van der Waals surface area contributed by atoms with Gasteiger partial charge in [0.2, 0.25) is 0 Å². The van der Waals surface area contributed by atoms with E-state index < -0.39 is 24.1 Å². The third kappa shape index (κ3) is 4.99. The van der Waals surface area contributed by atoms with Crippen LogP contribution in [0.4, 0.5) is 18.0 Å². The highest BCUT2D eigenvalue weighted by atomic mass is 19.4. The molecule has 19 heavy (non-hydrogen) atoms. The zero-order valence-corrected chi connectivity index (χ0v) is 10.0. The van der Waals surface area contributed by atoms with Crippen LogP contribution >= 0.6 is 0 Å². The lowest BCUT2D eigenvalue weighted by atomic mass is 10.2. The molecule has 0 aliphatic carbocycles. The van der Waals surface area contributed by atoms with E-state index >= 15 is 0 Å². The molecule has 0 bridgehead atoms. The first-order valence-electron chi connectivity index (χ1n) is 5.39. The van der Waals surface area contributed by atoms with Crippen LogP contribution in [-0.4, -0.2) is 24.1 Å². The highest BCUT2D eigenvalue weighted by Crippen LogP contribution is 2.17. The van der Waals surface area contributed by atoms with Crippen LogP contribution < -0.4 is 5.32 Å². The quantitative estimate of drug-likeness (QED) is 0.918. The van der Waals surface area contributed by atoms with Gasteiger partial charge in [0.1, 0.15) is 6.61 Å². The van der Waals surface area contributed by atoms with E-state index in [-0.39, 0.29) is 6.61 Å². The fraction of sp³-hybridized carbons (Fsp3) is 0.333. The minimum Gasteiger partial charge on any atom is -0.445 e. The van der Waals surface area contributed by atoms with E-state index in [1.54, 1.807) is 30.3 Å². The Bertz CT molecular complexity index is 445. The highest BCUT2D eigenvalue weighted by Gasteiger charge is 2.42.